The summed E-state index contributed by atoms with van der Waals surface area (Å²) in [5.41, 5.74) is -0.0653. The summed E-state index contributed by atoms with van der Waals surface area (Å²) in [7, 11) is 1.64. The van der Waals surface area contributed by atoms with Crippen LogP contribution in [0.1, 0.15) is 16.2 Å². The molecule has 0 saturated carbocycles. The van der Waals surface area contributed by atoms with Gasteiger partial charge in [0.2, 0.25) is 0 Å². The average molecular weight is 379 g/mol. The molecular formula is C19H21N7O2. The van der Waals surface area contributed by atoms with Crippen molar-refractivity contribution in [1.82, 2.24) is 29.2 Å². The van der Waals surface area contributed by atoms with Gasteiger partial charge in [-0.3, -0.25) is 14.2 Å². The minimum absolute atomic E-state index is 0.207. The van der Waals surface area contributed by atoms with E-state index in [1.54, 1.807) is 36.5 Å². The molecule has 4 rings (SSSR count). The lowest BCUT2D eigenvalue weighted by Gasteiger charge is -2.35. The first-order chi connectivity index (χ1) is 13.5. The third kappa shape index (κ3) is 3.26. The van der Waals surface area contributed by atoms with Gasteiger partial charge in [0.1, 0.15) is 11.4 Å². The highest BCUT2D eigenvalue weighted by molar-refractivity contribution is 5.94. The maximum absolute atomic E-state index is 12.7. The average Bonchev–Trinajstić information content (AvgIpc) is 3.16. The Kier molecular flexibility index (Phi) is 4.64. The summed E-state index contributed by atoms with van der Waals surface area (Å²) in [6.07, 6.45) is 5.21. The molecule has 0 bridgehead atoms. The maximum Gasteiger partial charge on any atom is 0.263 e. The summed E-state index contributed by atoms with van der Waals surface area (Å²) in [4.78, 5) is 32.8. The van der Waals surface area contributed by atoms with Crippen LogP contribution in [0.25, 0.3) is 5.82 Å². The molecule has 144 valence electrons. The highest BCUT2D eigenvalue weighted by Gasteiger charge is 2.24. The van der Waals surface area contributed by atoms with Crippen LogP contribution < -0.4 is 10.5 Å². The summed E-state index contributed by atoms with van der Waals surface area (Å²) >= 11 is 0. The van der Waals surface area contributed by atoms with Crippen LogP contribution in [-0.4, -0.2) is 61.3 Å². The molecule has 1 aliphatic rings. The number of pyridine rings is 1. The summed E-state index contributed by atoms with van der Waals surface area (Å²) in [5, 5.41) is 8.61. The predicted molar refractivity (Wildman–Crippen MR) is 104 cm³/mol. The third-order valence-corrected chi connectivity index (χ3v) is 4.95. The Balaban J connectivity index is 1.43. The molecule has 1 fully saturated rings. The Labute approximate surface area is 161 Å². The van der Waals surface area contributed by atoms with Crippen LogP contribution in [0.5, 0.6) is 0 Å². The molecule has 3 aromatic rings. The number of carbonyl (C=O) groups excluding carboxylic acids is 1. The van der Waals surface area contributed by atoms with Gasteiger partial charge in [-0.05, 0) is 31.2 Å². The van der Waals surface area contributed by atoms with E-state index in [9.17, 15) is 9.59 Å². The second-order valence-corrected chi connectivity index (χ2v) is 6.71. The summed E-state index contributed by atoms with van der Waals surface area (Å²) in [6.45, 7) is 4.24. The first-order valence-electron chi connectivity index (χ1n) is 9.08. The van der Waals surface area contributed by atoms with Gasteiger partial charge in [-0.25, -0.2) is 4.98 Å². The topological polar surface area (TPSA) is 89.2 Å². The van der Waals surface area contributed by atoms with Crippen LogP contribution in [-0.2, 0) is 7.05 Å². The second kappa shape index (κ2) is 7.26. The van der Waals surface area contributed by atoms with E-state index in [4.69, 9.17) is 0 Å². The largest absolute Gasteiger partial charge is 0.352 e. The van der Waals surface area contributed by atoms with Gasteiger partial charge in [0, 0.05) is 51.8 Å². The number of aryl methyl sites for hydroxylation is 2. The maximum atomic E-state index is 12.7. The van der Waals surface area contributed by atoms with Crippen molar-refractivity contribution in [3.8, 4) is 5.82 Å². The SMILES string of the molecule is Cc1nccn1-c1ccc(N2CCN(C(=O)c3cccn(C)c3=O)CC2)nn1. The van der Waals surface area contributed by atoms with E-state index in [1.807, 2.05) is 29.8 Å². The molecule has 0 atom stereocenters. The van der Waals surface area contributed by atoms with E-state index in [0.717, 1.165) is 11.6 Å². The van der Waals surface area contributed by atoms with E-state index >= 15 is 0 Å². The van der Waals surface area contributed by atoms with Crippen LogP contribution in [0.15, 0.2) is 47.7 Å². The van der Waals surface area contributed by atoms with Gasteiger partial charge in [-0.2, -0.15) is 0 Å². The number of aromatic nitrogens is 5. The molecule has 0 radical (unpaired) electrons. The highest BCUT2D eigenvalue weighted by atomic mass is 16.2. The predicted octanol–water partition coefficient (Wildman–Crippen LogP) is 0.632. The molecule has 1 saturated heterocycles. The van der Waals surface area contributed by atoms with E-state index in [-0.39, 0.29) is 17.0 Å². The van der Waals surface area contributed by atoms with Crippen molar-refractivity contribution in [2.75, 3.05) is 31.1 Å². The number of anilines is 1. The summed E-state index contributed by atoms with van der Waals surface area (Å²) in [6, 6.07) is 7.12. The Morgan fingerprint density at radius 3 is 2.36 bits per heavy atom. The first kappa shape index (κ1) is 17.9. The van der Waals surface area contributed by atoms with Crippen molar-refractivity contribution in [2.45, 2.75) is 6.92 Å². The molecule has 0 N–H and O–H groups in total. The molecule has 3 aromatic heterocycles. The zero-order chi connectivity index (χ0) is 19.7. The smallest absolute Gasteiger partial charge is 0.263 e. The third-order valence-electron chi connectivity index (χ3n) is 4.95. The standard InChI is InChI=1S/C19H21N7O2/c1-14-20-7-9-26(14)17-6-5-16(21-22-17)24-10-12-25(13-11-24)19(28)15-4-3-8-23(2)18(15)27/h3-9H,10-13H2,1-2H3. The molecule has 0 unspecified atom stereocenters. The van der Waals surface area contributed by atoms with E-state index in [1.165, 1.54) is 4.57 Å². The number of piperazine rings is 1. The molecular weight excluding hydrogens is 358 g/mol. The number of nitrogens with zero attached hydrogens (tertiary/aromatic N) is 7. The lowest BCUT2D eigenvalue weighted by Crippen LogP contribution is -2.50. The summed E-state index contributed by atoms with van der Waals surface area (Å²) < 4.78 is 3.29. The zero-order valence-electron chi connectivity index (χ0n) is 15.8. The van der Waals surface area contributed by atoms with E-state index in [2.05, 4.69) is 20.1 Å². The van der Waals surface area contributed by atoms with Crippen molar-refractivity contribution in [3.05, 3.63) is 64.6 Å². The number of amides is 1. The van der Waals surface area contributed by atoms with Crippen LogP contribution >= 0.6 is 0 Å². The molecule has 0 aromatic carbocycles. The summed E-state index contributed by atoms with van der Waals surface area (Å²) in [5.74, 6) is 2.11. The molecule has 28 heavy (non-hydrogen) atoms. The molecule has 0 aliphatic carbocycles. The van der Waals surface area contributed by atoms with Gasteiger partial charge < -0.3 is 14.4 Å². The first-order valence-corrected chi connectivity index (χ1v) is 9.08. The quantitative estimate of drug-likeness (QED) is 0.663. The van der Waals surface area contributed by atoms with Crippen LogP contribution in [0.4, 0.5) is 5.82 Å². The van der Waals surface area contributed by atoms with E-state index < -0.39 is 0 Å². The zero-order valence-corrected chi connectivity index (χ0v) is 15.8. The molecule has 1 amide bonds. The van der Waals surface area contributed by atoms with Gasteiger partial charge in [0.15, 0.2) is 11.6 Å². The number of hydrogen-bond donors (Lipinski definition) is 0. The fourth-order valence-electron chi connectivity index (χ4n) is 3.30. The number of carbonyl (C=O) groups is 1. The Morgan fingerprint density at radius 1 is 1.00 bits per heavy atom. The minimum Gasteiger partial charge on any atom is -0.352 e. The lowest BCUT2D eigenvalue weighted by atomic mass is 10.2. The molecule has 9 nitrogen and oxygen atoms in total. The normalized spacial score (nSPS) is 14.4. The Hall–Kier alpha value is -3.49. The minimum atomic E-state index is -0.272. The van der Waals surface area contributed by atoms with Gasteiger partial charge in [-0.1, -0.05) is 0 Å². The fraction of sp³-hybridized carbons (Fsp3) is 0.316. The monoisotopic (exact) mass is 379 g/mol. The Morgan fingerprint density at radius 2 is 1.71 bits per heavy atom. The van der Waals surface area contributed by atoms with Crippen molar-refractivity contribution in [1.29, 1.82) is 0 Å². The van der Waals surface area contributed by atoms with E-state index in [0.29, 0.717) is 32.0 Å². The number of hydrogen-bond acceptors (Lipinski definition) is 6. The van der Waals surface area contributed by atoms with Crippen LogP contribution in [0.3, 0.4) is 0 Å². The van der Waals surface area contributed by atoms with Gasteiger partial charge in [0.05, 0.1) is 0 Å². The fourth-order valence-corrected chi connectivity index (χ4v) is 3.30. The van der Waals surface area contributed by atoms with Crippen molar-refractivity contribution < 1.29 is 4.79 Å². The molecule has 4 heterocycles. The van der Waals surface area contributed by atoms with Crippen molar-refractivity contribution in [2.24, 2.45) is 7.05 Å². The molecule has 0 spiro atoms. The second-order valence-electron chi connectivity index (χ2n) is 6.71. The molecule has 1 aliphatic heterocycles. The van der Waals surface area contributed by atoms with Crippen molar-refractivity contribution >= 4 is 11.7 Å². The van der Waals surface area contributed by atoms with Gasteiger partial charge >= 0.3 is 0 Å². The van der Waals surface area contributed by atoms with Gasteiger partial charge in [-0.15, -0.1) is 10.2 Å². The lowest BCUT2D eigenvalue weighted by molar-refractivity contribution is 0.0744. The van der Waals surface area contributed by atoms with Crippen LogP contribution in [0, 0.1) is 6.92 Å². The van der Waals surface area contributed by atoms with Crippen LogP contribution in [0.2, 0.25) is 0 Å². The van der Waals surface area contributed by atoms with Crippen molar-refractivity contribution in [3.63, 3.8) is 0 Å². The Bertz CT molecular complexity index is 1050. The van der Waals surface area contributed by atoms with Gasteiger partial charge in [0.25, 0.3) is 11.5 Å². The molecule has 9 heteroatoms. The number of rotatable bonds is 3. The number of imidazole rings is 1. The highest BCUT2D eigenvalue weighted by Crippen LogP contribution is 2.15.